The van der Waals surface area contributed by atoms with Crippen molar-refractivity contribution in [3.05, 3.63) is 46.6 Å². The first-order valence-corrected chi connectivity index (χ1v) is 8.83. The molecular formula is C14H15KN3O5S2. The van der Waals surface area contributed by atoms with Crippen molar-refractivity contribution in [2.45, 2.75) is 11.8 Å². The molecule has 2 aromatic rings. The average molecular weight is 409 g/mol. The Morgan fingerprint density at radius 1 is 1.32 bits per heavy atom. The van der Waals surface area contributed by atoms with Crippen LogP contribution in [-0.2, 0) is 14.8 Å². The van der Waals surface area contributed by atoms with Gasteiger partial charge in [-0.05, 0) is 19.1 Å². The molecule has 0 fully saturated rings. The summed E-state index contributed by atoms with van der Waals surface area (Å²) in [7, 11) is -2.67. The van der Waals surface area contributed by atoms with Crippen LogP contribution < -0.4 is 5.32 Å². The summed E-state index contributed by atoms with van der Waals surface area (Å²) < 4.78 is 25.8. The average Bonchev–Trinajstić information content (AvgIpc) is 2.91. The van der Waals surface area contributed by atoms with Crippen LogP contribution in [-0.4, -0.2) is 92.6 Å². The predicted molar refractivity (Wildman–Crippen MR) is 95.8 cm³/mol. The first kappa shape index (κ1) is 22.2. The van der Waals surface area contributed by atoms with Gasteiger partial charge in [0.15, 0.2) is 16.6 Å². The number of likely N-dealkylation sites (N-methyl/N-ethyl adjacent to an activating group) is 1. The molecule has 0 bridgehead atoms. The van der Waals surface area contributed by atoms with E-state index in [1.54, 1.807) is 18.3 Å². The molecule has 1 aromatic heterocycles. The van der Waals surface area contributed by atoms with Crippen molar-refractivity contribution in [1.82, 2.24) is 9.29 Å². The van der Waals surface area contributed by atoms with Crippen molar-refractivity contribution >= 4 is 89.5 Å². The maximum atomic E-state index is 12.5. The van der Waals surface area contributed by atoms with E-state index >= 15 is 0 Å². The molecule has 2 heterocycles. The van der Waals surface area contributed by atoms with E-state index in [0.717, 1.165) is 9.18 Å². The number of hydrogen-bond donors (Lipinski definition) is 2. The largest absolute Gasteiger partial charge is 0.505 e. The number of aliphatic hydroxyl groups excluding tert-OH is 1. The topological polar surface area (TPSA) is 131 Å². The third-order valence-corrected chi connectivity index (χ3v) is 6.02. The van der Waals surface area contributed by atoms with Gasteiger partial charge in [-0.3, -0.25) is 14.4 Å². The minimum atomic E-state index is -3.90. The van der Waals surface area contributed by atoms with Gasteiger partial charge in [0, 0.05) is 75.1 Å². The van der Waals surface area contributed by atoms with Crippen molar-refractivity contribution < 1.29 is 23.8 Å². The van der Waals surface area contributed by atoms with E-state index in [1.165, 1.54) is 30.5 Å². The number of nitrogens with one attached hydrogen (secondary N) is 1. The molecule has 0 saturated carbocycles. The Morgan fingerprint density at radius 2 is 1.96 bits per heavy atom. The molecule has 1 amide bonds. The molecule has 0 spiro atoms. The van der Waals surface area contributed by atoms with Crippen LogP contribution in [0.2, 0.25) is 0 Å². The zero-order chi connectivity index (χ0) is 16.8. The molecule has 4 N–H and O–H groups in total. The molecule has 11 heteroatoms. The molecule has 129 valence electrons. The Balaban J connectivity index is 0.00000156. The fourth-order valence-corrected chi connectivity index (χ4v) is 4.31. The number of thiazole rings is 1. The summed E-state index contributed by atoms with van der Waals surface area (Å²) in [5, 5.41) is 13.2. The van der Waals surface area contributed by atoms with Gasteiger partial charge in [0.1, 0.15) is 0 Å². The summed E-state index contributed by atoms with van der Waals surface area (Å²) in [5.41, 5.74) is -0.234. The van der Waals surface area contributed by atoms with Crippen LogP contribution >= 0.6 is 11.3 Å². The number of amides is 1. The van der Waals surface area contributed by atoms with Crippen LogP contribution in [0.5, 0.6) is 0 Å². The van der Waals surface area contributed by atoms with E-state index < -0.39 is 15.9 Å². The van der Waals surface area contributed by atoms with E-state index in [0.29, 0.717) is 5.13 Å². The number of aryl methyl sites for hydroxylation is 1. The fourth-order valence-electron chi connectivity index (χ4n) is 2.25. The summed E-state index contributed by atoms with van der Waals surface area (Å²) in [5.74, 6) is -1.12. The Morgan fingerprint density at radius 3 is 2.56 bits per heavy atom. The summed E-state index contributed by atoms with van der Waals surface area (Å²) >= 11 is 1.25. The van der Waals surface area contributed by atoms with Crippen molar-refractivity contribution in [3.63, 3.8) is 0 Å². The van der Waals surface area contributed by atoms with Crippen LogP contribution in [0.4, 0.5) is 5.13 Å². The number of aliphatic hydroxyl groups is 1. The molecule has 25 heavy (non-hydrogen) atoms. The second kappa shape index (κ2) is 8.27. The number of carbonyl (C=O) groups is 1. The molecule has 0 aliphatic carbocycles. The van der Waals surface area contributed by atoms with E-state index in [1.807, 2.05) is 6.92 Å². The van der Waals surface area contributed by atoms with Gasteiger partial charge < -0.3 is 10.6 Å². The first-order valence-electron chi connectivity index (χ1n) is 6.57. The number of nitrogens with zero attached hydrogens (tertiary/aromatic N) is 2. The summed E-state index contributed by atoms with van der Waals surface area (Å²) in [6, 6.07) is 5.99. The summed E-state index contributed by atoms with van der Waals surface area (Å²) in [6.45, 7) is 1.83. The van der Waals surface area contributed by atoms with Gasteiger partial charge in [0.05, 0.1) is 4.90 Å². The molecule has 1 aromatic carbocycles. The Bertz CT molecular complexity index is 939. The van der Waals surface area contributed by atoms with Gasteiger partial charge in [-0.15, -0.1) is 11.3 Å². The zero-order valence-electron chi connectivity index (χ0n) is 13.8. The van der Waals surface area contributed by atoms with Gasteiger partial charge in [0.2, 0.25) is 0 Å². The van der Waals surface area contributed by atoms with Crippen molar-refractivity contribution in [1.29, 1.82) is 0 Å². The fraction of sp³-hybridized carbons (Fsp3) is 0.143. The zero-order valence-corrected chi connectivity index (χ0v) is 18.5. The molecule has 1 aliphatic rings. The molecule has 1 radical (unpaired) electrons. The second-order valence-electron chi connectivity index (χ2n) is 4.90. The van der Waals surface area contributed by atoms with Gasteiger partial charge in [-0.1, -0.05) is 12.1 Å². The number of aromatic nitrogens is 1. The summed E-state index contributed by atoms with van der Waals surface area (Å²) in [6.07, 6.45) is 1.59. The molecular weight excluding hydrogens is 393 g/mol. The number of rotatable bonds is 2. The minimum absolute atomic E-state index is 0. The minimum Gasteiger partial charge on any atom is -0.505 e. The number of anilines is 1. The van der Waals surface area contributed by atoms with Crippen molar-refractivity contribution in [2.75, 3.05) is 12.4 Å². The molecule has 0 unspecified atom stereocenters. The van der Waals surface area contributed by atoms with Crippen LogP contribution in [0.1, 0.15) is 10.4 Å². The third-order valence-electron chi connectivity index (χ3n) is 3.38. The first-order chi connectivity index (χ1) is 10.8. The van der Waals surface area contributed by atoms with E-state index in [9.17, 15) is 18.3 Å². The van der Waals surface area contributed by atoms with Crippen LogP contribution in [0, 0.1) is 6.92 Å². The quantitative estimate of drug-likeness (QED) is 0.708. The van der Waals surface area contributed by atoms with Crippen LogP contribution in [0.3, 0.4) is 0 Å². The number of benzene rings is 1. The van der Waals surface area contributed by atoms with Gasteiger partial charge in [0.25, 0.3) is 15.9 Å². The molecule has 0 atom stereocenters. The van der Waals surface area contributed by atoms with E-state index in [-0.39, 0.29) is 78.8 Å². The SMILES string of the molecule is Cc1cnc(NC(=O)C2=C(O)c3ccccc3S(=O)(=O)N2C)s1.O.[K]. The second-order valence-corrected chi connectivity index (χ2v) is 8.07. The van der Waals surface area contributed by atoms with Gasteiger partial charge in [-0.2, -0.15) is 0 Å². The smallest absolute Gasteiger partial charge is 0.278 e. The molecule has 0 saturated heterocycles. The Labute approximate surface area is 191 Å². The van der Waals surface area contributed by atoms with E-state index in [4.69, 9.17) is 0 Å². The van der Waals surface area contributed by atoms with Crippen LogP contribution in [0.15, 0.2) is 41.1 Å². The number of fused-ring (bicyclic) bond motifs is 1. The maximum Gasteiger partial charge on any atom is 0.278 e. The monoisotopic (exact) mass is 408 g/mol. The summed E-state index contributed by atoms with van der Waals surface area (Å²) in [4.78, 5) is 17.3. The van der Waals surface area contributed by atoms with Gasteiger partial charge >= 0.3 is 0 Å². The van der Waals surface area contributed by atoms with Crippen molar-refractivity contribution in [3.8, 4) is 0 Å². The van der Waals surface area contributed by atoms with E-state index in [2.05, 4.69) is 10.3 Å². The molecule has 8 nitrogen and oxygen atoms in total. The number of hydrogen-bond acceptors (Lipinski definition) is 6. The number of sulfonamides is 1. The van der Waals surface area contributed by atoms with Crippen molar-refractivity contribution in [2.24, 2.45) is 0 Å². The molecule has 3 rings (SSSR count). The normalized spacial score (nSPS) is 14.9. The van der Waals surface area contributed by atoms with Crippen LogP contribution in [0.25, 0.3) is 5.76 Å². The van der Waals surface area contributed by atoms with Gasteiger partial charge in [-0.25, -0.2) is 13.4 Å². The Kier molecular flexibility index (Phi) is 7.36. The number of carbonyl (C=O) groups excluding carboxylic acids is 1. The Hall–Kier alpha value is -0.794. The third kappa shape index (κ3) is 3.98. The maximum absolute atomic E-state index is 12.5. The predicted octanol–water partition coefficient (Wildman–Crippen LogP) is 0.745. The standard InChI is InChI=1S/C14H13N3O4S2.K.H2O/c1-8-7-15-14(22-8)16-13(19)11-12(18)9-5-3-4-6-10(9)23(20,21)17(11)2;;/h3-7,18H,1-2H3,(H,15,16,19);;1H2. The molecule has 1 aliphatic heterocycles.